The maximum atomic E-state index is 13.1. The van der Waals surface area contributed by atoms with Crippen LogP contribution in [0.3, 0.4) is 0 Å². The lowest BCUT2D eigenvalue weighted by atomic mass is 10.1. The molecule has 21 heavy (non-hydrogen) atoms. The number of nitrogens with two attached hydrogens (primary N) is 1. The van der Waals surface area contributed by atoms with Crippen molar-refractivity contribution in [2.24, 2.45) is 0 Å². The second-order valence-corrected chi connectivity index (χ2v) is 5.21. The lowest BCUT2D eigenvalue weighted by Crippen LogP contribution is -2.36. The van der Waals surface area contributed by atoms with Gasteiger partial charge in [-0.05, 0) is 30.2 Å². The average molecular weight is 307 g/mol. The van der Waals surface area contributed by atoms with Crippen molar-refractivity contribution in [3.05, 3.63) is 52.1 Å². The maximum Gasteiger partial charge on any atom is 0.255 e. The van der Waals surface area contributed by atoms with Gasteiger partial charge in [0.2, 0.25) is 5.95 Å². The number of benzene rings is 1. The van der Waals surface area contributed by atoms with E-state index in [9.17, 15) is 9.18 Å². The molecule has 5 nitrogen and oxygen atoms in total. The largest absolute Gasteiger partial charge is 0.368 e. The number of rotatable bonds is 1. The number of anilines is 1. The molecule has 0 fully saturated rings. The third-order valence-corrected chi connectivity index (χ3v) is 3.73. The molecule has 0 radical (unpaired) electrons. The topological polar surface area (TPSA) is 72.1 Å². The lowest BCUT2D eigenvalue weighted by molar-refractivity contribution is 0.0732. The zero-order valence-corrected chi connectivity index (χ0v) is 11.8. The number of carbonyl (C=O) groups is 1. The average Bonchev–Trinajstić information content (AvgIpc) is 2.46. The Morgan fingerprint density at radius 1 is 1.43 bits per heavy atom. The minimum Gasteiger partial charge on any atom is -0.368 e. The van der Waals surface area contributed by atoms with E-state index in [0.29, 0.717) is 19.5 Å². The Balaban J connectivity index is 1.87. The number of nitrogens with zero attached hydrogens (tertiary/aromatic N) is 3. The van der Waals surface area contributed by atoms with Crippen LogP contribution < -0.4 is 5.73 Å². The summed E-state index contributed by atoms with van der Waals surface area (Å²) >= 11 is 5.94. The molecule has 0 saturated heterocycles. The molecule has 0 saturated carbocycles. The second-order valence-electron chi connectivity index (χ2n) is 4.80. The van der Waals surface area contributed by atoms with Crippen molar-refractivity contribution in [3.8, 4) is 0 Å². The summed E-state index contributed by atoms with van der Waals surface area (Å²) in [6, 6.07) is 3.74. The molecule has 108 valence electrons. The molecule has 0 unspecified atom stereocenters. The van der Waals surface area contributed by atoms with Crippen molar-refractivity contribution in [1.29, 1.82) is 0 Å². The highest BCUT2D eigenvalue weighted by Crippen LogP contribution is 2.23. The highest BCUT2D eigenvalue weighted by molar-refractivity contribution is 6.33. The molecule has 2 heterocycles. The van der Waals surface area contributed by atoms with Crippen molar-refractivity contribution in [1.82, 2.24) is 14.9 Å². The van der Waals surface area contributed by atoms with Crippen LogP contribution in [0.5, 0.6) is 0 Å². The molecule has 2 N–H and O–H groups in total. The van der Waals surface area contributed by atoms with E-state index in [4.69, 9.17) is 17.3 Å². The number of hydrogen-bond donors (Lipinski definition) is 1. The van der Waals surface area contributed by atoms with Crippen molar-refractivity contribution >= 4 is 23.5 Å². The Bertz CT molecular complexity index is 722. The van der Waals surface area contributed by atoms with Crippen LogP contribution in [0.15, 0.2) is 24.4 Å². The minimum atomic E-state index is -0.471. The van der Waals surface area contributed by atoms with Crippen molar-refractivity contribution in [2.75, 3.05) is 12.3 Å². The van der Waals surface area contributed by atoms with Gasteiger partial charge in [0.1, 0.15) is 5.82 Å². The van der Waals surface area contributed by atoms with Crippen LogP contribution in [0.25, 0.3) is 0 Å². The van der Waals surface area contributed by atoms with Crippen LogP contribution in [0.1, 0.15) is 21.6 Å². The normalized spacial score (nSPS) is 13.9. The van der Waals surface area contributed by atoms with Crippen molar-refractivity contribution < 1.29 is 9.18 Å². The molecular formula is C14H12ClFN4O. The fraction of sp³-hybridized carbons (Fsp3) is 0.214. The Hall–Kier alpha value is -2.21. The van der Waals surface area contributed by atoms with Crippen LogP contribution in [0.4, 0.5) is 10.3 Å². The van der Waals surface area contributed by atoms with Crippen LogP contribution in [-0.2, 0) is 13.0 Å². The smallest absolute Gasteiger partial charge is 0.255 e. The van der Waals surface area contributed by atoms with Gasteiger partial charge in [0, 0.05) is 12.7 Å². The Morgan fingerprint density at radius 2 is 2.24 bits per heavy atom. The number of amides is 1. The minimum absolute atomic E-state index is 0.105. The molecule has 1 aromatic heterocycles. The summed E-state index contributed by atoms with van der Waals surface area (Å²) in [6.07, 6.45) is 2.34. The molecule has 0 aliphatic carbocycles. The van der Waals surface area contributed by atoms with Gasteiger partial charge in [0.15, 0.2) is 0 Å². The molecule has 0 spiro atoms. The lowest BCUT2D eigenvalue weighted by Gasteiger charge is -2.28. The quantitative estimate of drug-likeness (QED) is 0.875. The summed E-state index contributed by atoms with van der Waals surface area (Å²) in [5.74, 6) is -0.535. The summed E-state index contributed by atoms with van der Waals surface area (Å²) in [7, 11) is 0. The molecule has 1 amide bonds. The van der Waals surface area contributed by atoms with Crippen LogP contribution in [-0.4, -0.2) is 27.3 Å². The first-order valence-electron chi connectivity index (χ1n) is 6.39. The summed E-state index contributed by atoms with van der Waals surface area (Å²) < 4.78 is 13.1. The standard InChI is InChI=1S/C14H12ClFN4O/c15-11-5-9(16)1-2-10(11)13(21)20-4-3-8-6-18-14(17)19-12(8)7-20/h1-2,5-6H,3-4,7H2,(H2,17,18,19). The first-order valence-corrected chi connectivity index (χ1v) is 6.77. The zero-order valence-electron chi connectivity index (χ0n) is 11.0. The third kappa shape index (κ3) is 2.67. The summed E-state index contributed by atoms with van der Waals surface area (Å²) in [6.45, 7) is 0.876. The van der Waals surface area contributed by atoms with Crippen LogP contribution in [0, 0.1) is 5.82 Å². The van der Waals surface area contributed by atoms with Crippen LogP contribution in [0.2, 0.25) is 5.02 Å². The highest BCUT2D eigenvalue weighted by Gasteiger charge is 2.24. The molecule has 0 bridgehead atoms. The zero-order chi connectivity index (χ0) is 15.0. The number of hydrogen-bond acceptors (Lipinski definition) is 4. The van der Waals surface area contributed by atoms with Gasteiger partial charge in [-0.3, -0.25) is 4.79 Å². The van der Waals surface area contributed by atoms with E-state index in [1.807, 2.05) is 0 Å². The van der Waals surface area contributed by atoms with Crippen molar-refractivity contribution in [2.45, 2.75) is 13.0 Å². The first-order chi connectivity index (χ1) is 10.0. The van der Waals surface area contributed by atoms with Gasteiger partial charge in [0.25, 0.3) is 5.91 Å². The van der Waals surface area contributed by atoms with Gasteiger partial charge in [-0.25, -0.2) is 14.4 Å². The van der Waals surface area contributed by atoms with E-state index in [2.05, 4.69) is 9.97 Å². The number of aromatic nitrogens is 2. The van der Waals surface area contributed by atoms with Crippen LogP contribution >= 0.6 is 11.6 Å². The molecule has 7 heteroatoms. The third-order valence-electron chi connectivity index (χ3n) is 3.41. The predicted molar refractivity (Wildman–Crippen MR) is 76.3 cm³/mol. The van der Waals surface area contributed by atoms with Gasteiger partial charge in [-0.2, -0.15) is 0 Å². The maximum absolute atomic E-state index is 13.1. The van der Waals surface area contributed by atoms with E-state index in [1.54, 1.807) is 11.1 Å². The van der Waals surface area contributed by atoms with Gasteiger partial charge in [-0.15, -0.1) is 0 Å². The molecular weight excluding hydrogens is 295 g/mol. The first kappa shape index (κ1) is 13.8. The summed E-state index contributed by atoms with van der Waals surface area (Å²) in [5.41, 5.74) is 7.57. The Labute approximate surface area is 125 Å². The van der Waals surface area contributed by atoms with Gasteiger partial charge in [-0.1, -0.05) is 11.6 Å². The highest BCUT2D eigenvalue weighted by atomic mass is 35.5. The fourth-order valence-corrected chi connectivity index (χ4v) is 2.57. The van der Waals surface area contributed by atoms with E-state index in [-0.39, 0.29) is 22.4 Å². The molecule has 1 aliphatic rings. The Morgan fingerprint density at radius 3 is 3.00 bits per heavy atom. The monoisotopic (exact) mass is 306 g/mol. The SMILES string of the molecule is Nc1ncc2c(n1)CN(C(=O)c1ccc(F)cc1Cl)CC2. The van der Waals surface area contributed by atoms with Gasteiger partial charge >= 0.3 is 0 Å². The number of nitrogen functional groups attached to an aromatic ring is 1. The predicted octanol–water partition coefficient (Wildman–Crippen LogP) is 2.05. The van der Waals surface area contributed by atoms with Gasteiger partial charge < -0.3 is 10.6 Å². The second kappa shape index (κ2) is 5.29. The number of carbonyl (C=O) groups excluding carboxylic acids is 1. The Kier molecular flexibility index (Phi) is 3.47. The number of fused-ring (bicyclic) bond motifs is 1. The van der Waals surface area contributed by atoms with Gasteiger partial charge in [0.05, 0.1) is 22.8 Å². The van der Waals surface area contributed by atoms with E-state index >= 15 is 0 Å². The van der Waals surface area contributed by atoms with E-state index in [1.165, 1.54) is 12.1 Å². The molecule has 1 aromatic carbocycles. The molecule has 2 aromatic rings. The van der Waals surface area contributed by atoms with E-state index in [0.717, 1.165) is 17.3 Å². The fourth-order valence-electron chi connectivity index (χ4n) is 2.33. The molecule has 3 rings (SSSR count). The van der Waals surface area contributed by atoms with E-state index < -0.39 is 5.82 Å². The molecule has 0 atom stereocenters. The van der Waals surface area contributed by atoms with Crippen molar-refractivity contribution in [3.63, 3.8) is 0 Å². The number of halogens is 2. The summed E-state index contributed by atoms with van der Waals surface area (Å²) in [5, 5.41) is 0.105. The summed E-state index contributed by atoms with van der Waals surface area (Å²) in [4.78, 5) is 22.2. The molecule has 1 aliphatic heterocycles.